The molecular weight excluding hydrogens is 566 g/mol. The minimum absolute atomic E-state index is 0.0556. The van der Waals surface area contributed by atoms with Crippen molar-refractivity contribution in [3.8, 4) is 0 Å². The molecule has 0 saturated carbocycles. The average molecular weight is 596 g/mol. The van der Waals surface area contributed by atoms with Gasteiger partial charge in [-0.25, -0.2) is 8.70 Å². The minimum atomic E-state index is -4.17. The standard InChI is InChI=1S/C27H29Cl2FN4O4S/c1-31-27(36)25(16-19-7-5-4-6-8-19)33(17-20-9-14-23(28)24(29)15-20)26(35)18-34(39(37,38)32(2)3)22-12-10-21(30)11-13-22/h4-15,25H,16-18H2,1-3H3,(H,31,36)/t25-/m1/s1. The van der Waals surface area contributed by atoms with Gasteiger partial charge in [-0.2, -0.15) is 12.7 Å². The lowest BCUT2D eigenvalue weighted by molar-refractivity contribution is -0.139. The number of nitrogens with zero attached hydrogens (tertiary/aromatic N) is 3. The molecule has 0 fully saturated rings. The van der Waals surface area contributed by atoms with Gasteiger partial charge in [0.15, 0.2) is 0 Å². The number of amides is 2. The van der Waals surface area contributed by atoms with Crippen molar-refractivity contribution in [3.05, 3.63) is 99.8 Å². The van der Waals surface area contributed by atoms with Gasteiger partial charge in [0.2, 0.25) is 11.8 Å². The lowest BCUT2D eigenvalue weighted by Crippen LogP contribution is -2.53. The first-order valence-corrected chi connectivity index (χ1v) is 14.0. The molecule has 3 aromatic rings. The van der Waals surface area contributed by atoms with Gasteiger partial charge in [0, 0.05) is 34.1 Å². The summed E-state index contributed by atoms with van der Waals surface area (Å²) in [6.45, 7) is -0.699. The van der Waals surface area contributed by atoms with E-state index < -0.39 is 40.4 Å². The third-order valence-electron chi connectivity index (χ3n) is 5.99. The van der Waals surface area contributed by atoms with Crippen molar-refractivity contribution < 1.29 is 22.4 Å². The predicted octanol–water partition coefficient (Wildman–Crippen LogP) is 4.13. The fourth-order valence-electron chi connectivity index (χ4n) is 3.88. The highest BCUT2D eigenvalue weighted by Gasteiger charge is 2.34. The van der Waals surface area contributed by atoms with Gasteiger partial charge in [-0.05, 0) is 47.5 Å². The first kappa shape index (κ1) is 30.4. The lowest BCUT2D eigenvalue weighted by Gasteiger charge is -2.34. The first-order valence-electron chi connectivity index (χ1n) is 11.9. The number of carbonyl (C=O) groups excluding carboxylic acids is 2. The summed E-state index contributed by atoms with van der Waals surface area (Å²) in [7, 11) is -0.0578. The van der Waals surface area contributed by atoms with Crippen LogP contribution in [0, 0.1) is 5.82 Å². The van der Waals surface area contributed by atoms with E-state index in [4.69, 9.17) is 23.2 Å². The van der Waals surface area contributed by atoms with Crippen LogP contribution in [0.3, 0.4) is 0 Å². The summed E-state index contributed by atoms with van der Waals surface area (Å²) in [5.41, 5.74) is 1.48. The molecule has 1 atom stereocenters. The van der Waals surface area contributed by atoms with Crippen LogP contribution in [0.2, 0.25) is 10.0 Å². The number of rotatable bonds is 11. The van der Waals surface area contributed by atoms with Crippen LogP contribution in [0.25, 0.3) is 0 Å². The van der Waals surface area contributed by atoms with E-state index in [0.717, 1.165) is 26.3 Å². The minimum Gasteiger partial charge on any atom is -0.357 e. The summed E-state index contributed by atoms with van der Waals surface area (Å²) in [5.74, 6) is -1.65. The van der Waals surface area contributed by atoms with Crippen molar-refractivity contribution in [2.24, 2.45) is 0 Å². The van der Waals surface area contributed by atoms with Crippen molar-refractivity contribution in [1.29, 1.82) is 0 Å². The number of hydrogen-bond acceptors (Lipinski definition) is 4. The molecule has 12 heteroatoms. The van der Waals surface area contributed by atoms with Crippen LogP contribution in [-0.2, 0) is 32.8 Å². The third-order valence-corrected chi connectivity index (χ3v) is 8.55. The van der Waals surface area contributed by atoms with Gasteiger partial charge in [-0.15, -0.1) is 0 Å². The second-order valence-electron chi connectivity index (χ2n) is 8.86. The third kappa shape index (κ3) is 7.69. The smallest absolute Gasteiger partial charge is 0.304 e. The van der Waals surface area contributed by atoms with Crippen LogP contribution < -0.4 is 9.62 Å². The Morgan fingerprint density at radius 1 is 0.923 bits per heavy atom. The Labute approximate surface area is 238 Å². The zero-order valence-corrected chi connectivity index (χ0v) is 24.0. The molecule has 3 aromatic carbocycles. The molecule has 1 N–H and O–H groups in total. The van der Waals surface area contributed by atoms with Crippen LogP contribution in [0.15, 0.2) is 72.8 Å². The van der Waals surface area contributed by atoms with Crippen molar-refractivity contribution >= 4 is 50.9 Å². The zero-order chi connectivity index (χ0) is 28.7. The maximum atomic E-state index is 14.0. The normalized spacial score (nSPS) is 12.2. The van der Waals surface area contributed by atoms with E-state index in [0.29, 0.717) is 10.6 Å². The molecule has 0 bridgehead atoms. The molecule has 0 radical (unpaired) electrons. The molecule has 0 heterocycles. The van der Waals surface area contributed by atoms with E-state index in [1.807, 2.05) is 30.3 Å². The molecule has 0 unspecified atom stereocenters. The number of halogens is 3. The topological polar surface area (TPSA) is 90.0 Å². The highest BCUT2D eigenvalue weighted by atomic mass is 35.5. The van der Waals surface area contributed by atoms with Gasteiger partial charge in [0.25, 0.3) is 0 Å². The van der Waals surface area contributed by atoms with Crippen LogP contribution in [-0.4, -0.2) is 63.2 Å². The fourth-order valence-corrected chi connectivity index (χ4v) is 5.26. The Bertz CT molecular complexity index is 1410. The van der Waals surface area contributed by atoms with E-state index in [1.165, 1.54) is 38.2 Å². The molecule has 0 aromatic heterocycles. The summed E-state index contributed by atoms with van der Waals surface area (Å²) in [6, 6.07) is 17.7. The second kappa shape index (κ2) is 13.3. The lowest BCUT2D eigenvalue weighted by atomic mass is 10.0. The number of nitrogens with one attached hydrogen (secondary N) is 1. The number of carbonyl (C=O) groups is 2. The highest BCUT2D eigenvalue weighted by Crippen LogP contribution is 2.25. The summed E-state index contributed by atoms with van der Waals surface area (Å²) in [5, 5.41) is 3.20. The number of anilines is 1. The van der Waals surface area contributed by atoms with E-state index >= 15 is 0 Å². The molecule has 2 amide bonds. The van der Waals surface area contributed by atoms with Crippen LogP contribution in [0.5, 0.6) is 0 Å². The van der Waals surface area contributed by atoms with Crippen molar-refractivity contribution in [3.63, 3.8) is 0 Å². The Morgan fingerprint density at radius 2 is 1.56 bits per heavy atom. The summed E-state index contributed by atoms with van der Waals surface area (Å²) in [4.78, 5) is 28.4. The Morgan fingerprint density at radius 3 is 2.13 bits per heavy atom. The van der Waals surface area contributed by atoms with Crippen molar-refractivity contribution in [2.75, 3.05) is 32.0 Å². The monoisotopic (exact) mass is 594 g/mol. The Balaban J connectivity index is 2.07. The predicted molar refractivity (Wildman–Crippen MR) is 151 cm³/mol. The van der Waals surface area contributed by atoms with E-state index in [2.05, 4.69) is 5.32 Å². The molecule has 208 valence electrons. The van der Waals surface area contributed by atoms with E-state index in [-0.39, 0.29) is 23.7 Å². The van der Waals surface area contributed by atoms with E-state index in [9.17, 15) is 22.4 Å². The van der Waals surface area contributed by atoms with Gasteiger partial charge in [-0.1, -0.05) is 59.6 Å². The number of benzene rings is 3. The summed E-state index contributed by atoms with van der Waals surface area (Å²) in [6.07, 6.45) is 0.171. The SMILES string of the molecule is CNC(=O)[C@@H](Cc1ccccc1)N(Cc1ccc(Cl)c(Cl)c1)C(=O)CN(c1ccc(F)cc1)S(=O)(=O)N(C)C. The fraction of sp³-hybridized carbons (Fsp3) is 0.259. The Kier molecular flexibility index (Phi) is 10.3. The molecule has 3 rings (SSSR count). The van der Waals surface area contributed by atoms with Gasteiger partial charge < -0.3 is 10.2 Å². The molecule has 0 spiro atoms. The molecule has 0 aliphatic rings. The first-order chi connectivity index (χ1) is 18.4. The van der Waals surface area contributed by atoms with E-state index in [1.54, 1.807) is 18.2 Å². The highest BCUT2D eigenvalue weighted by molar-refractivity contribution is 7.90. The number of likely N-dealkylation sites (N-methyl/N-ethyl adjacent to an activating group) is 1. The van der Waals surface area contributed by atoms with Gasteiger partial charge in [0.1, 0.15) is 18.4 Å². The van der Waals surface area contributed by atoms with Crippen LogP contribution in [0.1, 0.15) is 11.1 Å². The summed E-state index contributed by atoms with van der Waals surface area (Å²) >= 11 is 12.3. The van der Waals surface area contributed by atoms with Gasteiger partial charge >= 0.3 is 10.2 Å². The van der Waals surface area contributed by atoms with Gasteiger partial charge in [0.05, 0.1) is 15.7 Å². The van der Waals surface area contributed by atoms with Crippen LogP contribution >= 0.6 is 23.2 Å². The Hall–Kier alpha value is -3.18. The molecule has 39 heavy (non-hydrogen) atoms. The second-order valence-corrected chi connectivity index (χ2v) is 11.7. The molecule has 0 aliphatic heterocycles. The van der Waals surface area contributed by atoms with Crippen molar-refractivity contribution in [1.82, 2.24) is 14.5 Å². The maximum Gasteiger partial charge on any atom is 0.304 e. The average Bonchev–Trinajstić information content (AvgIpc) is 2.91. The number of hydrogen-bond donors (Lipinski definition) is 1. The molecule has 0 saturated heterocycles. The van der Waals surface area contributed by atoms with Crippen LogP contribution in [0.4, 0.5) is 10.1 Å². The summed E-state index contributed by atoms with van der Waals surface area (Å²) < 4.78 is 41.9. The zero-order valence-electron chi connectivity index (χ0n) is 21.6. The molecular formula is C27H29Cl2FN4O4S. The largest absolute Gasteiger partial charge is 0.357 e. The molecule has 0 aliphatic carbocycles. The quantitative estimate of drug-likeness (QED) is 0.361. The molecule has 8 nitrogen and oxygen atoms in total. The van der Waals surface area contributed by atoms with Crippen molar-refractivity contribution in [2.45, 2.75) is 19.0 Å². The maximum absolute atomic E-state index is 14.0. The van der Waals surface area contributed by atoms with Gasteiger partial charge in [-0.3, -0.25) is 9.59 Å².